The Morgan fingerprint density at radius 1 is 0.914 bits per heavy atom. The summed E-state index contributed by atoms with van der Waals surface area (Å²) in [6, 6.07) is 13.7. The fourth-order valence-corrected chi connectivity index (χ4v) is 4.61. The number of aromatic nitrogens is 3. The molecule has 0 aliphatic carbocycles. The van der Waals surface area contributed by atoms with Crippen LogP contribution in [0.1, 0.15) is 29.8 Å². The van der Waals surface area contributed by atoms with E-state index in [1.54, 1.807) is 62.4 Å². The van der Waals surface area contributed by atoms with Gasteiger partial charge in [-0.3, -0.25) is 29.4 Å². The Labute approximate surface area is 198 Å². The number of benzene rings is 2. The Balaban J connectivity index is 1.77. The van der Waals surface area contributed by atoms with E-state index in [-0.39, 0.29) is 28.1 Å². The van der Waals surface area contributed by atoms with Crippen molar-refractivity contribution in [1.29, 1.82) is 0 Å². The van der Waals surface area contributed by atoms with Gasteiger partial charge in [-0.05, 0) is 44.2 Å². The van der Waals surface area contributed by atoms with Gasteiger partial charge in [-0.2, -0.15) is 0 Å². The number of fused-ring (bicyclic) bond motifs is 2. The van der Waals surface area contributed by atoms with Crippen molar-refractivity contribution in [1.82, 2.24) is 14.8 Å². The van der Waals surface area contributed by atoms with Crippen molar-refractivity contribution in [3.63, 3.8) is 0 Å². The van der Waals surface area contributed by atoms with Gasteiger partial charge in [0.15, 0.2) is 0 Å². The summed E-state index contributed by atoms with van der Waals surface area (Å²) in [5.74, 6) is -1.36. The van der Waals surface area contributed by atoms with Gasteiger partial charge in [-0.1, -0.05) is 24.3 Å². The van der Waals surface area contributed by atoms with Crippen LogP contribution in [-0.2, 0) is 11.3 Å². The van der Waals surface area contributed by atoms with E-state index in [9.17, 15) is 24.3 Å². The molecule has 4 aromatic rings. The third kappa shape index (κ3) is 3.23. The number of nitrogens with one attached hydrogen (secondary N) is 2. The Kier molecular flexibility index (Phi) is 5.24. The number of carbonyl (C=O) groups is 2. The number of aromatic hydroxyl groups is 1. The third-order valence-electron chi connectivity index (χ3n) is 6.29. The highest BCUT2D eigenvalue weighted by Crippen LogP contribution is 2.35. The summed E-state index contributed by atoms with van der Waals surface area (Å²) in [7, 11) is 0. The van der Waals surface area contributed by atoms with Crippen LogP contribution in [0.2, 0.25) is 0 Å². The van der Waals surface area contributed by atoms with E-state index in [1.807, 2.05) is 0 Å². The van der Waals surface area contributed by atoms with E-state index in [4.69, 9.17) is 0 Å². The number of nitrogens with zero attached hydrogens (tertiary/aromatic N) is 2. The van der Waals surface area contributed by atoms with Gasteiger partial charge in [0.2, 0.25) is 5.78 Å². The molecule has 1 aliphatic rings. The van der Waals surface area contributed by atoms with Crippen LogP contribution in [0, 0.1) is 0 Å². The SMILES string of the molecule is CCN1C(=O)/C(=C/c2c(-c3c(O)c4ccccc4n(CC)c3=O)[nH][nH]c2=O)C(=O)c2ccccc21. The van der Waals surface area contributed by atoms with Crippen molar-refractivity contribution in [2.75, 3.05) is 11.4 Å². The summed E-state index contributed by atoms with van der Waals surface area (Å²) in [4.78, 5) is 54.1. The van der Waals surface area contributed by atoms with Crippen LogP contribution >= 0.6 is 0 Å². The molecule has 0 unspecified atom stereocenters. The molecule has 2 aromatic heterocycles. The van der Waals surface area contributed by atoms with E-state index in [0.29, 0.717) is 35.2 Å². The standard InChI is InChI=1S/C26H22N4O5/c1-3-29-18-11-7-5-9-14(18)22(31)17(25(29)34)13-16-21(27-28-24(16)33)20-23(32)15-10-6-8-12-19(15)30(4-2)26(20)35/h5-13,32H,3-4H2,1-2H3,(H2,27,28,33)/b17-13+. The number of aromatic amines is 2. The fourth-order valence-electron chi connectivity index (χ4n) is 4.61. The molecule has 9 nitrogen and oxygen atoms in total. The van der Waals surface area contributed by atoms with Crippen LogP contribution in [0.25, 0.3) is 28.2 Å². The Bertz CT molecular complexity index is 1670. The maximum Gasteiger partial charge on any atom is 0.271 e. The first-order chi connectivity index (χ1) is 16.9. The summed E-state index contributed by atoms with van der Waals surface area (Å²) in [6.45, 7) is 4.24. The molecule has 0 saturated carbocycles. The van der Waals surface area contributed by atoms with Crippen molar-refractivity contribution < 1.29 is 14.7 Å². The lowest BCUT2D eigenvalue weighted by molar-refractivity contribution is -0.114. The number of para-hydroxylation sites is 2. The topological polar surface area (TPSA) is 128 Å². The first-order valence-corrected chi connectivity index (χ1v) is 11.2. The van der Waals surface area contributed by atoms with E-state index in [1.165, 1.54) is 15.5 Å². The molecule has 0 saturated heterocycles. The molecular weight excluding hydrogens is 448 g/mol. The van der Waals surface area contributed by atoms with E-state index in [0.717, 1.165) is 0 Å². The molecule has 3 heterocycles. The molecule has 0 fully saturated rings. The number of aryl methyl sites for hydroxylation is 1. The van der Waals surface area contributed by atoms with Gasteiger partial charge in [0, 0.05) is 24.0 Å². The van der Waals surface area contributed by atoms with Crippen LogP contribution in [-0.4, -0.2) is 38.1 Å². The number of amides is 1. The summed E-state index contributed by atoms with van der Waals surface area (Å²) in [5, 5.41) is 16.6. The molecule has 5 rings (SSSR count). The number of H-pyrrole nitrogens is 2. The molecule has 1 aliphatic heterocycles. The minimum Gasteiger partial charge on any atom is -0.506 e. The average molecular weight is 470 g/mol. The molecular formula is C26H22N4O5. The van der Waals surface area contributed by atoms with E-state index < -0.39 is 22.8 Å². The predicted octanol–water partition coefficient (Wildman–Crippen LogP) is 3.04. The number of likely N-dealkylation sites (N-methyl/N-ethyl adjacent to an activating group) is 1. The molecule has 1 amide bonds. The molecule has 0 atom stereocenters. The zero-order chi connectivity index (χ0) is 24.9. The molecule has 35 heavy (non-hydrogen) atoms. The molecule has 0 bridgehead atoms. The second-order valence-electron chi connectivity index (χ2n) is 8.11. The quantitative estimate of drug-likeness (QED) is 0.312. The first-order valence-electron chi connectivity index (χ1n) is 11.2. The third-order valence-corrected chi connectivity index (χ3v) is 6.29. The summed E-state index contributed by atoms with van der Waals surface area (Å²) in [6.07, 6.45) is 1.19. The second kappa shape index (κ2) is 8.28. The lowest BCUT2D eigenvalue weighted by Gasteiger charge is -2.28. The monoisotopic (exact) mass is 470 g/mol. The van der Waals surface area contributed by atoms with Crippen LogP contribution in [0.4, 0.5) is 5.69 Å². The number of rotatable bonds is 4. The minimum atomic E-state index is -0.634. The van der Waals surface area contributed by atoms with Gasteiger partial charge >= 0.3 is 0 Å². The maximum absolute atomic E-state index is 13.4. The number of ketones is 1. The van der Waals surface area contributed by atoms with Crippen LogP contribution in [0.5, 0.6) is 5.75 Å². The minimum absolute atomic E-state index is 0.000426. The Morgan fingerprint density at radius 3 is 2.37 bits per heavy atom. The van der Waals surface area contributed by atoms with Crippen molar-refractivity contribution >= 4 is 34.4 Å². The van der Waals surface area contributed by atoms with Crippen molar-refractivity contribution in [2.45, 2.75) is 20.4 Å². The first kappa shape index (κ1) is 22.1. The number of anilines is 1. The number of carbonyl (C=O) groups excluding carboxylic acids is 2. The van der Waals surface area contributed by atoms with Crippen LogP contribution in [0.3, 0.4) is 0 Å². The van der Waals surface area contributed by atoms with Gasteiger partial charge in [-0.15, -0.1) is 0 Å². The maximum atomic E-state index is 13.4. The second-order valence-corrected chi connectivity index (χ2v) is 8.11. The van der Waals surface area contributed by atoms with E-state index >= 15 is 0 Å². The molecule has 0 spiro atoms. The zero-order valence-electron chi connectivity index (χ0n) is 19.1. The molecule has 3 N–H and O–H groups in total. The van der Waals surface area contributed by atoms with Gasteiger partial charge in [-0.25, -0.2) is 0 Å². The Morgan fingerprint density at radius 2 is 1.63 bits per heavy atom. The summed E-state index contributed by atoms with van der Waals surface area (Å²) >= 11 is 0. The van der Waals surface area contributed by atoms with Gasteiger partial charge < -0.3 is 14.6 Å². The highest BCUT2D eigenvalue weighted by molar-refractivity contribution is 6.36. The van der Waals surface area contributed by atoms with E-state index in [2.05, 4.69) is 10.2 Å². The molecule has 0 radical (unpaired) electrons. The number of Topliss-reactive ketones (excluding diaryl/α,β-unsaturated/α-hetero) is 1. The van der Waals surface area contributed by atoms with Crippen molar-refractivity contribution in [2.24, 2.45) is 0 Å². The Hall–Kier alpha value is -4.66. The van der Waals surface area contributed by atoms with Crippen LogP contribution in [0.15, 0.2) is 63.7 Å². The highest BCUT2D eigenvalue weighted by Gasteiger charge is 2.34. The normalized spacial score (nSPS) is 14.7. The van der Waals surface area contributed by atoms with Crippen molar-refractivity contribution in [3.8, 4) is 17.0 Å². The fraction of sp³-hybridized carbons (Fsp3) is 0.154. The average Bonchev–Trinajstić information content (AvgIpc) is 3.22. The largest absolute Gasteiger partial charge is 0.506 e. The van der Waals surface area contributed by atoms with Gasteiger partial charge in [0.05, 0.1) is 28.0 Å². The smallest absolute Gasteiger partial charge is 0.271 e. The molecule has 176 valence electrons. The number of hydrogen-bond acceptors (Lipinski definition) is 5. The van der Waals surface area contributed by atoms with Gasteiger partial charge in [0.1, 0.15) is 11.3 Å². The number of hydrogen-bond donors (Lipinski definition) is 3. The molecule has 2 aromatic carbocycles. The highest BCUT2D eigenvalue weighted by atomic mass is 16.3. The zero-order valence-corrected chi connectivity index (χ0v) is 19.1. The summed E-state index contributed by atoms with van der Waals surface area (Å²) < 4.78 is 1.48. The number of pyridine rings is 1. The van der Waals surface area contributed by atoms with Crippen LogP contribution < -0.4 is 16.0 Å². The lowest BCUT2D eigenvalue weighted by atomic mass is 9.93. The summed E-state index contributed by atoms with van der Waals surface area (Å²) in [5.41, 5.74) is -0.175. The van der Waals surface area contributed by atoms with Gasteiger partial charge in [0.25, 0.3) is 17.0 Å². The predicted molar refractivity (Wildman–Crippen MR) is 133 cm³/mol. The lowest BCUT2D eigenvalue weighted by Crippen LogP contribution is -2.39. The van der Waals surface area contributed by atoms with Crippen molar-refractivity contribution in [3.05, 3.63) is 85.9 Å². The molecule has 9 heteroatoms.